The van der Waals surface area contributed by atoms with Crippen molar-refractivity contribution in [1.82, 2.24) is 10.2 Å². The fourth-order valence-corrected chi connectivity index (χ4v) is 4.12. The minimum atomic E-state index is -0.845. The zero-order valence-electron chi connectivity index (χ0n) is 12.6. The van der Waals surface area contributed by atoms with Crippen molar-refractivity contribution in [3.63, 3.8) is 0 Å². The lowest BCUT2D eigenvalue weighted by molar-refractivity contribution is -0.138. The van der Waals surface area contributed by atoms with Crippen molar-refractivity contribution in [2.45, 2.75) is 46.2 Å². The Balaban J connectivity index is 1.99. The highest BCUT2D eigenvalue weighted by Gasteiger charge is 2.65. The lowest BCUT2D eigenvalue weighted by Gasteiger charge is -2.34. The number of hydrogen-bond acceptors (Lipinski definition) is 3. The number of carbonyl (C=O) groups is 2. The van der Waals surface area contributed by atoms with Crippen LogP contribution in [0.25, 0.3) is 0 Å². The zero-order valence-corrected chi connectivity index (χ0v) is 13.4. The predicted octanol–water partition coefficient (Wildman–Crippen LogP) is 2.02. The van der Waals surface area contributed by atoms with Crippen molar-refractivity contribution < 1.29 is 14.7 Å². The van der Waals surface area contributed by atoms with E-state index in [0.717, 1.165) is 5.75 Å². The molecular weight excluding hydrogens is 276 g/mol. The van der Waals surface area contributed by atoms with Crippen LogP contribution in [0.3, 0.4) is 0 Å². The van der Waals surface area contributed by atoms with Gasteiger partial charge in [-0.25, -0.2) is 4.79 Å². The Morgan fingerprint density at radius 3 is 2.40 bits per heavy atom. The van der Waals surface area contributed by atoms with Crippen LogP contribution in [0.2, 0.25) is 0 Å². The summed E-state index contributed by atoms with van der Waals surface area (Å²) in [4.78, 5) is 25.0. The van der Waals surface area contributed by atoms with Gasteiger partial charge < -0.3 is 15.3 Å². The number of thioether (sulfide) groups is 1. The van der Waals surface area contributed by atoms with Crippen LogP contribution in [0.15, 0.2) is 0 Å². The van der Waals surface area contributed by atoms with Crippen molar-refractivity contribution in [3.8, 4) is 0 Å². The summed E-state index contributed by atoms with van der Waals surface area (Å²) in [5, 5.41) is 12.1. The largest absolute Gasteiger partial charge is 0.481 e. The third-order valence-corrected chi connectivity index (χ3v) is 6.28. The molecule has 1 aliphatic carbocycles. The molecule has 2 amide bonds. The van der Waals surface area contributed by atoms with E-state index >= 15 is 0 Å². The van der Waals surface area contributed by atoms with E-state index in [9.17, 15) is 9.59 Å². The Morgan fingerprint density at radius 1 is 1.30 bits per heavy atom. The number of aliphatic carboxylic acids is 1. The number of amides is 2. The summed E-state index contributed by atoms with van der Waals surface area (Å²) in [6.45, 7) is 9.23. The van der Waals surface area contributed by atoms with Crippen LogP contribution in [0.4, 0.5) is 4.79 Å². The first-order valence-electron chi connectivity index (χ1n) is 7.04. The third-order valence-electron chi connectivity index (χ3n) is 5.19. The molecule has 1 saturated heterocycles. The number of carbonyl (C=O) groups excluding carboxylic acids is 1. The summed E-state index contributed by atoms with van der Waals surface area (Å²) in [6, 6.07) is -0.154. The molecule has 2 aliphatic rings. The van der Waals surface area contributed by atoms with E-state index in [2.05, 4.69) is 33.0 Å². The molecular formula is C14H24N2O3S. The van der Waals surface area contributed by atoms with Gasteiger partial charge in [-0.05, 0) is 10.8 Å². The van der Waals surface area contributed by atoms with E-state index < -0.39 is 5.97 Å². The number of nitrogens with zero attached hydrogens (tertiary/aromatic N) is 1. The lowest BCUT2D eigenvalue weighted by atomic mass is 10.0. The smallest absolute Gasteiger partial charge is 0.317 e. The first-order chi connectivity index (χ1) is 9.18. The maximum Gasteiger partial charge on any atom is 0.317 e. The van der Waals surface area contributed by atoms with Gasteiger partial charge in [-0.15, -0.1) is 0 Å². The van der Waals surface area contributed by atoms with Crippen LogP contribution >= 0.6 is 11.8 Å². The van der Waals surface area contributed by atoms with E-state index in [-0.39, 0.29) is 35.4 Å². The Bertz CT molecular complexity index is 409. The second kappa shape index (κ2) is 5.13. The Kier molecular flexibility index (Phi) is 3.97. The highest BCUT2D eigenvalue weighted by Crippen LogP contribution is 2.62. The SMILES string of the molecule is CC1(C)C(NC(=O)N2CCSCC2CC(=O)O)C1(C)C. The highest BCUT2D eigenvalue weighted by molar-refractivity contribution is 7.99. The Hall–Kier alpha value is -0.910. The predicted molar refractivity (Wildman–Crippen MR) is 80.0 cm³/mol. The van der Waals surface area contributed by atoms with E-state index in [4.69, 9.17) is 5.11 Å². The standard InChI is InChI=1S/C14H24N2O3S/c1-13(2)11(14(13,3)4)15-12(19)16-5-6-20-8-9(16)7-10(17)18/h9,11H,5-8H2,1-4H3,(H,15,19)(H,17,18). The van der Waals surface area contributed by atoms with Crippen LogP contribution in [-0.2, 0) is 4.79 Å². The number of carboxylic acids is 1. The summed E-state index contributed by atoms with van der Waals surface area (Å²) in [5.41, 5.74) is 0.185. The van der Waals surface area contributed by atoms with Crippen LogP contribution in [0.1, 0.15) is 34.1 Å². The molecule has 20 heavy (non-hydrogen) atoms. The number of carboxylic acid groups (broad SMARTS) is 1. The van der Waals surface area contributed by atoms with Gasteiger partial charge in [0.1, 0.15) is 0 Å². The topological polar surface area (TPSA) is 69.6 Å². The molecule has 0 aromatic rings. The molecule has 1 heterocycles. The summed E-state index contributed by atoms with van der Waals surface area (Å²) in [6.07, 6.45) is 0.0257. The first-order valence-corrected chi connectivity index (χ1v) is 8.20. The summed E-state index contributed by atoms with van der Waals surface area (Å²) in [7, 11) is 0. The van der Waals surface area contributed by atoms with Gasteiger partial charge in [0.05, 0.1) is 12.5 Å². The molecule has 0 spiro atoms. The summed E-state index contributed by atoms with van der Waals surface area (Å²) in [5.74, 6) is 0.736. The monoisotopic (exact) mass is 300 g/mol. The normalized spacial score (nSPS) is 28.0. The molecule has 2 fully saturated rings. The lowest BCUT2D eigenvalue weighted by Crippen LogP contribution is -2.52. The fraction of sp³-hybridized carbons (Fsp3) is 0.857. The average Bonchev–Trinajstić information content (AvgIpc) is 2.71. The highest BCUT2D eigenvalue weighted by atomic mass is 32.2. The van der Waals surface area contributed by atoms with Gasteiger partial charge in [0.2, 0.25) is 0 Å². The van der Waals surface area contributed by atoms with Crippen molar-refractivity contribution >= 4 is 23.8 Å². The molecule has 1 saturated carbocycles. The van der Waals surface area contributed by atoms with Gasteiger partial charge in [0, 0.05) is 24.1 Å². The number of nitrogens with one attached hydrogen (secondary N) is 1. The molecule has 0 bridgehead atoms. The molecule has 5 nitrogen and oxygen atoms in total. The average molecular weight is 300 g/mol. The second-order valence-electron chi connectivity index (χ2n) is 6.85. The van der Waals surface area contributed by atoms with E-state index in [1.807, 2.05) is 0 Å². The van der Waals surface area contributed by atoms with Crippen LogP contribution in [-0.4, -0.2) is 52.1 Å². The van der Waals surface area contributed by atoms with E-state index in [1.165, 1.54) is 0 Å². The van der Waals surface area contributed by atoms with Gasteiger partial charge in [0.25, 0.3) is 0 Å². The maximum atomic E-state index is 12.4. The number of rotatable bonds is 3. The van der Waals surface area contributed by atoms with Gasteiger partial charge >= 0.3 is 12.0 Å². The maximum absolute atomic E-state index is 12.4. The third kappa shape index (κ3) is 2.62. The zero-order chi connectivity index (χ0) is 15.1. The van der Waals surface area contributed by atoms with Crippen molar-refractivity contribution in [2.75, 3.05) is 18.1 Å². The molecule has 2 N–H and O–H groups in total. The summed E-state index contributed by atoms with van der Waals surface area (Å²) >= 11 is 1.72. The molecule has 0 aromatic heterocycles. The van der Waals surface area contributed by atoms with E-state index in [0.29, 0.717) is 12.3 Å². The first kappa shape index (κ1) is 15.5. The molecule has 0 aromatic carbocycles. The van der Waals surface area contributed by atoms with Gasteiger partial charge in [-0.3, -0.25) is 4.79 Å². The molecule has 1 atom stereocenters. The Labute approximate surface area is 124 Å². The number of urea groups is 1. The molecule has 2 rings (SSSR count). The minimum absolute atomic E-state index is 0.0257. The quantitative estimate of drug-likeness (QED) is 0.836. The molecule has 6 heteroatoms. The van der Waals surface area contributed by atoms with Gasteiger partial charge in [-0.2, -0.15) is 11.8 Å². The Morgan fingerprint density at radius 2 is 1.90 bits per heavy atom. The van der Waals surface area contributed by atoms with E-state index in [1.54, 1.807) is 16.7 Å². The molecule has 0 radical (unpaired) electrons. The number of hydrogen-bond donors (Lipinski definition) is 2. The van der Waals surface area contributed by atoms with Crippen molar-refractivity contribution in [2.24, 2.45) is 10.8 Å². The van der Waals surface area contributed by atoms with Crippen molar-refractivity contribution in [3.05, 3.63) is 0 Å². The van der Waals surface area contributed by atoms with Crippen LogP contribution < -0.4 is 5.32 Å². The fourth-order valence-electron chi connectivity index (χ4n) is 3.06. The second-order valence-corrected chi connectivity index (χ2v) is 8.00. The van der Waals surface area contributed by atoms with Crippen LogP contribution in [0.5, 0.6) is 0 Å². The minimum Gasteiger partial charge on any atom is -0.481 e. The van der Waals surface area contributed by atoms with Gasteiger partial charge in [0.15, 0.2) is 0 Å². The summed E-state index contributed by atoms with van der Waals surface area (Å²) < 4.78 is 0. The molecule has 114 valence electrons. The molecule has 1 unspecified atom stereocenters. The van der Waals surface area contributed by atoms with Gasteiger partial charge in [-0.1, -0.05) is 27.7 Å². The molecule has 1 aliphatic heterocycles. The van der Waals surface area contributed by atoms with Crippen molar-refractivity contribution in [1.29, 1.82) is 0 Å². The van der Waals surface area contributed by atoms with Crippen LogP contribution in [0, 0.1) is 10.8 Å².